The van der Waals surface area contributed by atoms with Crippen LogP contribution in [0.2, 0.25) is 0 Å². The fourth-order valence-corrected chi connectivity index (χ4v) is 6.87. The van der Waals surface area contributed by atoms with Crippen molar-refractivity contribution in [2.24, 2.45) is 0 Å². The summed E-state index contributed by atoms with van der Waals surface area (Å²) in [7, 11) is -3.65. The Balaban J connectivity index is 1.48. The lowest BCUT2D eigenvalue weighted by atomic mass is 10.2. The number of carbonyl (C=O) groups excluding carboxylic acids is 1. The van der Waals surface area contributed by atoms with Crippen LogP contribution in [0.1, 0.15) is 24.8 Å². The topological polar surface area (TPSA) is 97.6 Å². The predicted molar refractivity (Wildman–Crippen MR) is 114 cm³/mol. The number of aromatic nitrogens is 1. The molecule has 4 heterocycles. The van der Waals surface area contributed by atoms with Crippen LogP contribution < -0.4 is 4.90 Å². The van der Waals surface area contributed by atoms with Gasteiger partial charge in [0.15, 0.2) is 0 Å². The first-order valence-electron chi connectivity index (χ1n) is 9.96. The Morgan fingerprint density at radius 2 is 2.00 bits per heavy atom. The van der Waals surface area contributed by atoms with Gasteiger partial charge in [-0.3, -0.25) is 4.79 Å². The molecule has 2 saturated heterocycles. The lowest BCUT2D eigenvalue weighted by Gasteiger charge is -2.29. The predicted octanol–water partition coefficient (Wildman–Crippen LogP) is 1.91. The van der Waals surface area contributed by atoms with Crippen molar-refractivity contribution in [1.29, 1.82) is 5.26 Å². The van der Waals surface area contributed by atoms with Crippen molar-refractivity contribution in [3.63, 3.8) is 0 Å². The largest absolute Gasteiger partial charge is 0.354 e. The maximum atomic E-state index is 13.3. The highest BCUT2D eigenvalue weighted by Gasteiger charge is 2.41. The van der Waals surface area contributed by atoms with E-state index in [1.807, 2.05) is 4.90 Å². The van der Waals surface area contributed by atoms with Gasteiger partial charge in [0.25, 0.3) is 10.0 Å². The molecule has 4 rings (SSSR count). The van der Waals surface area contributed by atoms with E-state index in [2.05, 4.69) is 11.1 Å². The Kier molecular flexibility index (Phi) is 6.04. The van der Waals surface area contributed by atoms with Crippen LogP contribution in [0.25, 0.3) is 0 Å². The van der Waals surface area contributed by atoms with Gasteiger partial charge in [0, 0.05) is 38.9 Å². The lowest BCUT2D eigenvalue weighted by molar-refractivity contribution is -0.134. The van der Waals surface area contributed by atoms with Crippen LogP contribution in [0.15, 0.2) is 40.1 Å². The van der Waals surface area contributed by atoms with Crippen molar-refractivity contribution in [3.05, 3.63) is 41.4 Å². The number of hydrogen-bond donors (Lipinski definition) is 0. The van der Waals surface area contributed by atoms with Crippen molar-refractivity contribution in [2.75, 3.05) is 37.6 Å². The smallest absolute Gasteiger partial charge is 0.253 e. The van der Waals surface area contributed by atoms with E-state index < -0.39 is 16.1 Å². The minimum absolute atomic E-state index is 0.129. The van der Waals surface area contributed by atoms with E-state index in [4.69, 9.17) is 0 Å². The summed E-state index contributed by atoms with van der Waals surface area (Å²) in [6.45, 7) is 2.66. The molecule has 0 radical (unpaired) electrons. The van der Waals surface area contributed by atoms with E-state index in [0.29, 0.717) is 56.9 Å². The van der Waals surface area contributed by atoms with E-state index in [1.54, 1.807) is 40.7 Å². The standard InChI is InChI=1S/C20H23N5O3S2/c21-15-16-5-1-8-22-19(16)23-9-4-10-24(13-12-23)20(26)17-6-2-11-25(17)30(27,28)18-7-3-14-29-18/h1,3,5,7-8,14,17H,2,4,6,9-13H2. The Hall–Kier alpha value is -2.48. The summed E-state index contributed by atoms with van der Waals surface area (Å²) in [6, 6.07) is 8.29. The van der Waals surface area contributed by atoms with Gasteiger partial charge in [-0.05, 0) is 42.8 Å². The molecule has 0 N–H and O–H groups in total. The number of hydrogen-bond acceptors (Lipinski definition) is 7. The molecule has 0 aromatic carbocycles. The zero-order valence-corrected chi connectivity index (χ0v) is 18.1. The minimum atomic E-state index is -3.65. The minimum Gasteiger partial charge on any atom is -0.354 e. The number of pyridine rings is 1. The molecule has 2 fully saturated rings. The first-order chi connectivity index (χ1) is 14.5. The summed E-state index contributed by atoms with van der Waals surface area (Å²) >= 11 is 1.18. The van der Waals surface area contributed by atoms with Gasteiger partial charge in [-0.2, -0.15) is 9.57 Å². The van der Waals surface area contributed by atoms with Crippen LogP contribution in [-0.2, 0) is 14.8 Å². The highest BCUT2D eigenvalue weighted by Crippen LogP contribution is 2.30. The lowest BCUT2D eigenvalue weighted by Crippen LogP contribution is -2.48. The van der Waals surface area contributed by atoms with Crippen molar-refractivity contribution < 1.29 is 13.2 Å². The molecule has 0 saturated carbocycles. The van der Waals surface area contributed by atoms with Gasteiger partial charge >= 0.3 is 0 Å². The first-order valence-corrected chi connectivity index (χ1v) is 12.3. The molecule has 0 aliphatic carbocycles. The van der Waals surface area contributed by atoms with Gasteiger partial charge in [-0.1, -0.05) is 6.07 Å². The summed E-state index contributed by atoms with van der Waals surface area (Å²) in [6.07, 6.45) is 3.62. The zero-order valence-electron chi connectivity index (χ0n) is 16.5. The third-order valence-electron chi connectivity index (χ3n) is 5.56. The van der Waals surface area contributed by atoms with Crippen LogP contribution in [-0.4, -0.2) is 67.3 Å². The number of rotatable bonds is 4. The van der Waals surface area contributed by atoms with Gasteiger partial charge in [-0.25, -0.2) is 13.4 Å². The second kappa shape index (κ2) is 8.71. The molecule has 158 valence electrons. The number of nitrogens with zero attached hydrogens (tertiary/aromatic N) is 5. The molecule has 0 bridgehead atoms. The van der Waals surface area contributed by atoms with Gasteiger partial charge in [0.05, 0.1) is 5.56 Å². The van der Waals surface area contributed by atoms with Crippen molar-refractivity contribution in [2.45, 2.75) is 29.5 Å². The maximum Gasteiger partial charge on any atom is 0.253 e. The number of amides is 1. The molecule has 0 spiro atoms. The maximum absolute atomic E-state index is 13.3. The fraction of sp³-hybridized carbons (Fsp3) is 0.450. The highest BCUT2D eigenvalue weighted by molar-refractivity contribution is 7.91. The van der Waals surface area contributed by atoms with E-state index >= 15 is 0 Å². The summed E-state index contributed by atoms with van der Waals surface area (Å²) < 4.78 is 27.6. The van der Waals surface area contributed by atoms with Crippen LogP contribution in [0.5, 0.6) is 0 Å². The molecule has 2 aliphatic rings. The van der Waals surface area contributed by atoms with Crippen molar-refractivity contribution in [1.82, 2.24) is 14.2 Å². The number of nitriles is 1. The average molecular weight is 446 g/mol. The van der Waals surface area contributed by atoms with Gasteiger partial charge < -0.3 is 9.80 Å². The average Bonchev–Trinajstić information content (AvgIpc) is 3.42. The number of thiophene rings is 1. The number of anilines is 1. The normalized spacial score (nSPS) is 20.7. The van der Waals surface area contributed by atoms with E-state index in [1.165, 1.54) is 15.6 Å². The molecular formula is C20H23N5O3S2. The SMILES string of the molecule is N#Cc1cccnc1N1CCCN(C(=O)C2CCCN2S(=O)(=O)c2cccs2)CC1. The zero-order chi connectivity index (χ0) is 21.1. The molecule has 30 heavy (non-hydrogen) atoms. The van der Waals surface area contributed by atoms with Crippen LogP contribution in [0.3, 0.4) is 0 Å². The van der Waals surface area contributed by atoms with E-state index in [9.17, 15) is 18.5 Å². The molecule has 8 nitrogen and oxygen atoms in total. The quantitative estimate of drug-likeness (QED) is 0.713. The second-order valence-corrected chi connectivity index (χ2v) is 10.4. The van der Waals surface area contributed by atoms with Crippen molar-refractivity contribution in [3.8, 4) is 6.07 Å². The highest BCUT2D eigenvalue weighted by atomic mass is 32.2. The Morgan fingerprint density at radius 1 is 1.13 bits per heavy atom. The second-order valence-electron chi connectivity index (χ2n) is 7.36. The molecule has 1 amide bonds. The summed E-state index contributed by atoms with van der Waals surface area (Å²) in [4.78, 5) is 21.4. The third-order valence-corrected chi connectivity index (χ3v) is 8.84. The molecular weight excluding hydrogens is 422 g/mol. The van der Waals surface area contributed by atoms with Crippen LogP contribution in [0.4, 0.5) is 5.82 Å². The molecule has 10 heteroatoms. The molecule has 2 aromatic rings. The Labute approximate surface area is 180 Å². The summed E-state index contributed by atoms with van der Waals surface area (Å²) in [5.41, 5.74) is 0.515. The summed E-state index contributed by atoms with van der Waals surface area (Å²) in [5, 5.41) is 11.1. The molecule has 1 unspecified atom stereocenters. The van der Waals surface area contributed by atoms with Crippen LogP contribution in [0, 0.1) is 11.3 Å². The number of sulfonamides is 1. The Morgan fingerprint density at radius 3 is 2.77 bits per heavy atom. The molecule has 1 atom stereocenters. The van der Waals surface area contributed by atoms with Crippen LogP contribution >= 0.6 is 11.3 Å². The van der Waals surface area contributed by atoms with Gasteiger partial charge in [0.1, 0.15) is 22.1 Å². The summed E-state index contributed by atoms with van der Waals surface area (Å²) in [5.74, 6) is 0.507. The monoisotopic (exact) mass is 445 g/mol. The molecule has 2 aromatic heterocycles. The Bertz CT molecular complexity index is 1050. The third kappa shape index (κ3) is 3.93. The van der Waals surface area contributed by atoms with E-state index in [-0.39, 0.29) is 10.1 Å². The van der Waals surface area contributed by atoms with Gasteiger partial charge in [0.2, 0.25) is 5.91 Å². The first kappa shape index (κ1) is 20.8. The number of carbonyl (C=O) groups is 1. The van der Waals surface area contributed by atoms with Gasteiger partial charge in [-0.15, -0.1) is 11.3 Å². The molecule has 2 aliphatic heterocycles. The van der Waals surface area contributed by atoms with Crippen molar-refractivity contribution >= 4 is 33.1 Å². The van der Waals surface area contributed by atoms with E-state index in [0.717, 1.165) is 6.42 Å². The fourth-order valence-electron chi connectivity index (χ4n) is 4.10.